The van der Waals surface area contributed by atoms with Crippen molar-refractivity contribution in [2.75, 3.05) is 16.8 Å². The Morgan fingerprint density at radius 3 is 2.69 bits per heavy atom. The standard InChI is InChI=1S/C22H17ClN4O5/c23-13-8-7-11(27(31)32)10-16(13)26-19(28)17-15-6-3-9-25(15)22(18(17)20(26)29)12-4-1-2-5-14(12)24-21(22)30/h1-2,4-5,7-8,10,15,17-18H,3,6,9H2,(H,24,30)/t15?,17-,18+,22-/m1/s1. The Morgan fingerprint density at radius 2 is 1.91 bits per heavy atom. The van der Waals surface area contributed by atoms with E-state index in [0.717, 1.165) is 17.4 Å². The minimum Gasteiger partial charge on any atom is -0.324 e. The Balaban J connectivity index is 1.55. The Kier molecular flexibility index (Phi) is 3.86. The van der Waals surface area contributed by atoms with Crippen molar-refractivity contribution in [2.24, 2.45) is 11.8 Å². The van der Waals surface area contributed by atoms with Crippen molar-refractivity contribution in [3.8, 4) is 0 Å². The monoisotopic (exact) mass is 452 g/mol. The van der Waals surface area contributed by atoms with E-state index in [2.05, 4.69) is 5.32 Å². The van der Waals surface area contributed by atoms with Crippen LogP contribution in [0.3, 0.4) is 0 Å². The van der Waals surface area contributed by atoms with Crippen LogP contribution in [-0.2, 0) is 19.9 Å². The number of hydrogen-bond donors (Lipinski definition) is 1. The predicted octanol–water partition coefficient (Wildman–Crippen LogP) is 2.68. The highest BCUT2D eigenvalue weighted by Crippen LogP contribution is 2.60. The fourth-order valence-corrected chi connectivity index (χ4v) is 6.38. The lowest BCUT2D eigenvalue weighted by atomic mass is 9.75. The van der Waals surface area contributed by atoms with Gasteiger partial charge >= 0.3 is 0 Å². The van der Waals surface area contributed by atoms with E-state index in [9.17, 15) is 24.5 Å². The van der Waals surface area contributed by atoms with Gasteiger partial charge in [0.2, 0.25) is 17.7 Å². The van der Waals surface area contributed by atoms with Crippen molar-refractivity contribution >= 4 is 46.4 Å². The molecule has 0 bridgehead atoms. The average Bonchev–Trinajstić information content (AvgIpc) is 3.47. The number of benzene rings is 2. The maximum Gasteiger partial charge on any atom is 0.271 e. The van der Waals surface area contributed by atoms with Crippen LogP contribution in [0.1, 0.15) is 18.4 Å². The number of imide groups is 1. The van der Waals surface area contributed by atoms with E-state index in [1.165, 1.54) is 12.1 Å². The molecule has 3 fully saturated rings. The van der Waals surface area contributed by atoms with Gasteiger partial charge in [-0.1, -0.05) is 29.8 Å². The smallest absolute Gasteiger partial charge is 0.271 e. The van der Waals surface area contributed by atoms with Crippen molar-refractivity contribution in [1.29, 1.82) is 0 Å². The van der Waals surface area contributed by atoms with Gasteiger partial charge in [0.15, 0.2) is 0 Å². The van der Waals surface area contributed by atoms with Gasteiger partial charge in [-0.05, 0) is 31.5 Å². The molecule has 0 radical (unpaired) electrons. The summed E-state index contributed by atoms with van der Waals surface area (Å²) >= 11 is 6.28. The summed E-state index contributed by atoms with van der Waals surface area (Å²) in [5.74, 6) is -2.99. The third kappa shape index (κ3) is 2.14. The number of nitrogens with one attached hydrogen (secondary N) is 1. The van der Waals surface area contributed by atoms with Crippen LogP contribution in [0.25, 0.3) is 0 Å². The number of hydrogen-bond acceptors (Lipinski definition) is 6. The summed E-state index contributed by atoms with van der Waals surface area (Å²) in [4.78, 5) is 54.7. The highest BCUT2D eigenvalue weighted by atomic mass is 35.5. The van der Waals surface area contributed by atoms with E-state index in [1.807, 2.05) is 23.1 Å². The number of rotatable bonds is 2. The van der Waals surface area contributed by atoms with E-state index < -0.39 is 34.1 Å². The second kappa shape index (κ2) is 6.36. The molecule has 32 heavy (non-hydrogen) atoms. The Morgan fingerprint density at radius 1 is 1.12 bits per heavy atom. The van der Waals surface area contributed by atoms with Gasteiger partial charge in [0.25, 0.3) is 5.69 Å². The number of nitro benzene ring substituents is 1. The summed E-state index contributed by atoms with van der Waals surface area (Å²) in [7, 11) is 0. The zero-order valence-electron chi connectivity index (χ0n) is 16.7. The zero-order chi connectivity index (χ0) is 22.4. The quantitative estimate of drug-likeness (QED) is 0.426. The number of nitro groups is 1. The maximum atomic E-state index is 13.8. The number of carbonyl (C=O) groups excluding carboxylic acids is 3. The first-order chi connectivity index (χ1) is 15.4. The Hall–Kier alpha value is -3.30. The minimum absolute atomic E-state index is 0.0170. The van der Waals surface area contributed by atoms with Crippen molar-refractivity contribution < 1.29 is 19.3 Å². The lowest BCUT2D eigenvalue weighted by Crippen LogP contribution is -2.54. The van der Waals surface area contributed by atoms with Crippen LogP contribution < -0.4 is 10.2 Å². The summed E-state index contributed by atoms with van der Waals surface area (Å²) in [6.45, 7) is 0.609. The van der Waals surface area contributed by atoms with Crippen LogP contribution in [0.5, 0.6) is 0 Å². The number of fused-ring (bicyclic) bond motifs is 7. The molecule has 1 spiro atoms. The third-order valence-electron chi connectivity index (χ3n) is 7.28. The number of non-ortho nitro benzene ring substituents is 1. The number of amides is 3. The largest absolute Gasteiger partial charge is 0.324 e. The molecule has 4 heterocycles. The molecule has 9 nitrogen and oxygen atoms in total. The fraction of sp³-hybridized carbons (Fsp3) is 0.318. The van der Waals surface area contributed by atoms with E-state index in [-0.39, 0.29) is 28.3 Å². The van der Waals surface area contributed by atoms with E-state index in [0.29, 0.717) is 24.2 Å². The number of anilines is 2. The van der Waals surface area contributed by atoms with Crippen molar-refractivity contribution in [3.63, 3.8) is 0 Å². The van der Waals surface area contributed by atoms with Crippen molar-refractivity contribution in [3.05, 3.63) is 63.2 Å². The summed E-state index contributed by atoms with van der Waals surface area (Å²) in [6, 6.07) is 10.6. The van der Waals surface area contributed by atoms with E-state index >= 15 is 0 Å². The summed E-state index contributed by atoms with van der Waals surface area (Å²) in [6.07, 6.45) is 1.50. The van der Waals surface area contributed by atoms with Gasteiger partial charge in [-0.2, -0.15) is 0 Å². The summed E-state index contributed by atoms with van der Waals surface area (Å²) in [5, 5.41) is 14.3. The molecule has 1 unspecified atom stereocenters. The molecule has 4 aliphatic heterocycles. The second-order valence-electron chi connectivity index (χ2n) is 8.58. The fourth-order valence-electron chi connectivity index (χ4n) is 6.18. The average molecular weight is 453 g/mol. The maximum absolute atomic E-state index is 13.8. The molecular formula is C22H17ClN4O5. The van der Waals surface area contributed by atoms with E-state index in [4.69, 9.17) is 11.6 Å². The van der Waals surface area contributed by atoms with Crippen molar-refractivity contribution in [2.45, 2.75) is 24.4 Å². The van der Waals surface area contributed by atoms with Gasteiger partial charge in [-0.3, -0.25) is 29.4 Å². The molecule has 2 aromatic rings. The molecule has 3 saturated heterocycles. The first-order valence-electron chi connectivity index (χ1n) is 10.4. The number of halogens is 1. The summed E-state index contributed by atoms with van der Waals surface area (Å²) in [5.41, 5.74) is -0.245. The van der Waals surface area contributed by atoms with Gasteiger partial charge in [0.05, 0.1) is 27.5 Å². The van der Waals surface area contributed by atoms with Crippen LogP contribution in [0.4, 0.5) is 17.1 Å². The molecule has 3 amide bonds. The lowest BCUT2D eigenvalue weighted by Gasteiger charge is -2.36. The molecular weight excluding hydrogens is 436 g/mol. The van der Waals surface area contributed by atoms with Gasteiger partial charge in [-0.15, -0.1) is 0 Å². The first kappa shape index (κ1) is 19.4. The van der Waals surface area contributed by atoms with E-state index in [1.54, 1.807) is 6.07 Å². The molecule has 0 aliphatic carbocycles. The van der Waals surface area contributed by atoms with Crippen LogP contribution in [0, 0.1) is 22.0 Å². The molecule has 0 aromatic heterocycles. The highest BCUT2D eigenvalue weighted by molar-refractivity contribution is 6.36. The lowest BCUT2D eigenvalue weighted by molar-refractivity contribution is -0.384. The highest BCUT2D eigenvalue weighted by Gasteiger charge is 2.74. The zero-order valence-corrected chi connectivity index (χ0v) is 17.4. The molecule has 10 heteroatoms. The van der Waals surface area contributed by atoms with Gasteiger partial charge in [-0.25, -0.2) is 4.90 Å². The summed E-state index contributed by atoms with van der Waals surface area (Å²) < 4.78 is 0. The Bertz CT molecular complexity index is 1250. The normalized spacial score (nSPS) is 30.6. The first-order valence-corrected chi connectivity index (χ1v) is 10.7. The van der Waals surface area contributed by atoms with Crippen molar-refractivity contribution in [1.82, 2.24) is 4.90 Å². The molecule has 0 saturated carbocycles. The van der Waals surface area contributed by atoms with Crippen LogP contribution in [0.15, 0.2) is 42.5 Å². The van der Waals surface area contributed by atoms with Gasteiger partial charge in [0.1, 0.15) is 5.54 Å². The predicted molar refractivity (Wildman–Crippen MR) is 114 cm³/mol. The van der Waals surface area contributed by atoms with Crippen LogP contribution in [0.2, 0.25) is 5.02 Å². The van der Waals surface area contributed by atoms with Gasteiger partial charge in [0, 0.05) is 29.4 Å². The molecule has 162 valence electrons. The molecule has 1 N–H and O–H groups in total. The number of para-hydroxylation sites is 1. The second-order valence-corrected chi connectivity index (χ2v) is 8.98. The topological polar surface area (TPSA) is 113 Å². The number of nitrogens with zero attached hydrogens (tertiary/aromatic N) is 3. The molecule has 6 rings (SSSR count). The number of carbonyl (C=O) groups is 3. The molecule has 4 aliphatic rings. The SMILES string of the molecule is O=C1[C@@H]2C3CCCN3[C@@]3(C(=O)Nc4ccccc43)[C@@H]2C(=O)N1c1cc([N+](=O)[O-])ccc1Cl. The van der Waals surface area contributed by atoms with Gasteiger partial charge < -0.3 is 5.32 Å². The van der Waals surface area contributed by atoms with Crippen LogP contribution >= 0.6 is 11.6 Å². The van der Waals surface area contributed by atoms with Crippen LogP contribution in [-0.4, -0.2) is 40.1 Å². The third-order valence-corrected chi connectivity index (χ3v) is 7.60. The Labute approximate surface area is 187 Å². The molecule has 2 aromatic carbocycles. The molecule has 4 atom stereocenters. The minimum atomic E-state index is -1.28.